The minimum absolute atomic E-state index is 0.682. The van der Waals surface area contributed by atoms with Crippen LogP contribution in [0.3, 0.4) is 0 Å². The van der Waals surface area contributed by atoms with Gasteiger partial charge in [-0.2, -0.15) is 0 Å². The average Bonchev–Trinajstić information content (AvgIpc) is 1.96. The molecule has 11 heavy (non-hydrogen) atoms. The van der Waals surface area contributed by atoms with Gasteiger partial charge in [0.1, 0.15) is 0 Å². The van der Waals surface area contributed by atoms with Gasteiger partial charge in [0.15, 0.2) is 0 Å². The van der Waals surface area contributed by atoms with E-state index >= 15 is 0 Å². The molecule has 0 spiro atoms. The molecule has 1 nitrogen and oxygen atoms in total. The van der Waals surface area contributed by atoms with Crippen LogP contribution in [0.1, 0.15) is 33.6 Å². The maximum absolute atomic E-state index is 4.27. The number of rotatable bonds is 5. The zero-order valence-corrected chi connectivity index (χ0v) is 7.88. The standard InChI is InChI=1S/C10H19N/c1-4-5-6-7-8-11-9-10(2)3/h5-6,8,10H,4,7,9H2,1-3H3/b6-5-,11-8?. The number of hydrogen-bond acceptors (Lipinski definition) is 1. The summed E-state index contributed by atoms with van der Waals surface area (Å²) in [6.07, 6.45) is 8.43. The van der Waals surface area contributed by atoms with Crippen molar-refractivity contribution >= 4 is 6.21 Å². The number of nitrogens with zero attached hydrogens (tertiary/aromatic N) is 1. The van der Waals surface area contributed by atoms with E-state index in [1.54, 1.807) is 0 Å². The largest absolute Gasteiger partial charge is 0.297 e. The third-order valence-electron chi connectivity index (χ3n) is 1.24. The summed E-state index contributed by atoms with van der Waals surface area (Å²) >= 11 is 0. The highest BCUT2D eigenvalue weighted by molar-refractivity contribution is 5.59. The lowest BCUT2D eigenvalue weighted by Gasteiger charge is -1.95. The number of aliphatic imine (C=N–C) groups is 1. The summed E-state index contributed by atoms with van der Waals surface area (Å²) in [7, 11) is 0. The SMILES string of the molecule is CC/C=C\CC=NCC(C)C. The highest BCUT2D eigenvalue weighted by atomic mass is 14.7. The van der Waals surface area contributed by atoms with E-state index in [9.17, 15) is 0 Å². The Morgan fingerprint density at radius 2 is 2.00 bits per heavy atom. The van der Waals surface area contributed by atoms with Crippen LogP contribution in [0, 0.1) is 5.92 Å². The van der Waals surface area contributed by atoms with Crippen molar-refractivity contribution in [3.63, 3.8) is 0 Å². The quantitative estimate of drug-likeness (QED) is 0.425. The summed E-state index contributed by atoms with van der Waals surface area (Å²) in [4.78, 5) is 4.27. The highest BCUT2D eigenvalue weighted by Gasteiger charge is 1.85. The predicted octanol–water partition coefficient (Wildman–Crippen LogP) is 3.07. The van der Waals surface area contributed by atoms with Crippen LogP contribution in [-0.4, -0.2) is 12.8 Å². The molecule has 0 unspecified atom stereocenters. The molecule has 0 rings (SSSR count). The smallest absolute Gasteiger partial charge is 0.0408 e. The van der Waals surface area contributed by atoms with E-state index in [1.165, 1.54) is 0 Å². The highest BCUT2D eigenvalue weighted by Crippen LogP contribution is 1.91. The first-order valence-electron chi connectivity index (χ1n) is 4.40. The maximum atomic E-state index is 4.27. The Labute approximate surface area is 70.2 Å². The minimum atomic E-state index is 0.682. The Kier molecular flexibility index (Phi) is 7.11. The zero-order valence-electron chi connectivity index (χ0n) is 7.88. The lowest BCUT2D eigenvalue weighted by molar-refractivity contribution is 0.666. The second-order valence-corrected chi connectivity index (χ2v) is 3.06. The Morgan fingerprint density at radius 1 is 1.27 bits per heavy atom. The van der Waals surface area contributed by atoms with Crippen molar-refractivity contribution in [1.29, 1.82) is 0 Å². The van der Waals surface area contributed by atoms with Gasteiger partial charge >= 0.3 is 0 Å². The third kappa shape index (κ3) is 9.41. The predicted molar refractivity (Wildman–Crippen MR) is 52.2 cm³/mol. The molecule has 0 heterocycles. The molecule has 0 saturated heterocycles. The van der Waals surface area contributed by atoms with Gasteiger partial charge in [-0.25, -0.2) is 0 Å². The fourth-order valence-electron chi connectivity index (χ4n) is 0.684. The molecule has 0 radical (unpaired) electrons. The summed E-state index contributed by atoms with van der Waals surface area (Å²) in [6, 6.07) is 0. The molecule has 0 amide bonds. The Hall–Kier alpha value is -0.590. The van der Waals surface area contributed by atoms with Crippen molar-refractivity contribution in [2.45, 2.75) is 33.6 Å². The van der Waals surface area contributed by atoms with E-state index in [2.05, 4.69) is 37.9 Å². The molecule has 1 heteroatoms. The Bertz CT molecular complexity index is 123. The molecule has 0 aromatic rings. The summed E-state index contributed by atoms with van der Waals surface area (Å²) in [6.45, 7) is 7.46. The van der Waals surface area contributed by atoms with Crippen molar-refractivity contribution in [1.82, 2.24) is 0 Å². The summed E-state index contributed by atoms with van der Waals surface area (Å²) in [5, 5.41) is 0. The number of hydrogen-bond donors (Lipinski definition) is 0. The van der Waals surface area contributed by atoms with Crippen LogP contribution in [-0.2, 0) is 0 Å². The first-order valence-corrected chi connectivity index (χ1v) is 4.40. The van der Waals surface area contributed by atoms with Crippen LogP contribution in [0.4, 0.5) is 0 Å². The van der Waals surface area contributed by atoms with E-state index < -0.39 is 0 Å². The molecule has 0 aliphatic rings. The Morgan fingerprint density at radius 3 is 2.55 bits per heavy atom. The molecular weight excluding hydrogens is 134 g/mol. The van der Waals surface area contributed by atoms with Crippen LogP contribution < -0.4 is 0 Å². The van der Waals surface area contributed by atoms with Crippen LogP contribution >= 0.6 is 0 Å². The van der Waals surface area contributed by atoms with Gasteiger partial charge in [-0.1, -0.05) is 32.9 Å². The normalized spacial score (nSPS) is 12.4. The van der Waals surface area contributed by atoms with E-state index in [4.69, 9.17) is 0 Å². The summed E-state index contributed by atoms with van der Waals surface area (Å²) in [5.74, 6) is 0.682. The number of allylic oxidation sites excluding steroid dienone is 2. The van der Waals surface area contributed by atoms with Crippen LogP contribution in [0.25, 0.3) is 0 Å². The van der Waals surface area contributed by atoms with Crippen LogP contribution in [0.2, 0.25) is 0 Å². The maximum Gasteiger partial charge on any atom is 0.0408 e. The van der Waals surface area contributed by atoms with Gasteiger partial charge in [0, 0.05) is 19.2 Å². The van der Waals surface area contributed by atoms with E-state index in [1.807, 2.05) is 6.21 Å². The van der Waals surface area contributed by atoms with Gasteiger partial charge in [0.05, 0.1) is 0 Å². The molecule has 0 saturated carbocycles. The molecule has 0 aliphatic carbocycles. The fraction of sp³-hybridized carbons (Fsp3) is 0.700. The van der Waals surface area contributed by atoms with Gasteiger partial charge < -0.3 is 0 Å². The molecule has 0 bridgehead atoms. The summed E-state index contributed by atoms with van der Waals surface area (Å²) in [5.41, 5.74) is 0. The minimum Gasteiger partial charge on any atom is -0.297 e. The van der Waals surface area contributed by atoms with Crippen molar-refractivity contribution < 1.29 is 0 Å². The second kappa shape index (κ2) is 7.52. The molecule has 0 aromatic heterocycles. The van der Waals surface area contributed by atoms with Gasteiger partial charge in [-0.3, -0.25) is 4.99 Å². The van der Waals surface area contributed by atoms with Crippen molar-refractivity contribution in [3.8, 4) is 0 Å². The van der Waals surface area contributed by atoms with E-state index in [-0.39, 0.29) is 0 Å². The van der Waals surface area contributed by atoms with Crippen molar-refractivity contribution in [2.24, 2.45) is 10.9 Å². The molecular formula is C10H19N. The van der Waals surface area contributed by atoms with Gasteiger partial charge in [-0.05, 0) is 12.3 Å². The van der Waals surface area contributed by atoms with Gasteiger partial charge in [-0.15, -0.1) is 0 Å². The fourth-order valence-corrected chi connectivity index (χ4v) is 0.684. The average molecular weight is 153 g/mol. The van der Waals surface area contributed by atoms with E-state index in [0.29, 0.717) is 5.92 Å². The van der Waals surface area contributed by atoms with Crippen LogP contribution in [0.5, 0.6) is 0 Å². The third-order valence-corrected chi connectivity index (χ3v) is 1.24. The molecule has 0 atom stereocenters. The molecule has 0 N–H and O–H groups in total. The monoisotopic (exact) mass is 153 g/mol. The van der Waals surface area contributed by atoms with E-state index in [0.717, 1.165) is 19.4 Å². The van der Waals surface area contributed by atoms with Crippen molar-refractivity contribution in [3.05, 3.63) is 12.2 Å². The van der Waals surface area contributed by atoms with Gasteiger partial charge in [0.2, 0.25) is 0 Å². The molecule has 0 fully saturated rings. The summed E-state index contributed by atoms with van der Waals surface area (Å²) < 4.78 is 0. The lowest BCUT2D eigenvalue weighted by atomic mass is 10.2. The van der Waals surface area contributed by atoms with Gasteiger partial charge in [0.25, 0.3) is 0 Å². The molecule has 64 valence electrons. The van der Waals surface area contributed by atoms with Crippen molar-refractivity contribution in [2.75, 3.05) is 6.54 Å². The second-order valence-electron chi connectivity index (χ2n) is 3.06. The van der Waals surface area contributed by atoms with Crippen LogP contribution in [0.15, 0.2) is 17.1 Å². The Balaban J connectivity index is 3.23. The molecule has 0 aromatic carbocycles. The first-order chi connectivity index (χ1) is 5.27. The molecule has 0 aliphatic heterocycles. The zero-order chi connectivity index (χ0) is 8.53. The lowest BCUT2D eigenvalue weighted by Crippen LogP contribution is -1.91. The topological polar surface area (TPSA) is 12.4 Å². The first kappa shape index (κ1) is 10.4.